The van der Waals surface area contributed by atoms with Gasteiger partial charge in [0.25, 0.3) is 0 Å². The van der Waals surface area contributed by atoms with E-state index in [0.29, 0.717) is 13.2 Å². The number of unbranched alkanes of at least 4 members (excludes halogenated alkanes) is 4. The first-order chi connectivity index (χ1) is 7.81. The highest BCUT2D eigenvalue weighted by molar-refractivity contribution is 4.58. The summed E-state index contributed by atoms with van der Waals surface area (Å²) in [6.45, 7) is 7.23. The second-order valence-electron chi connectivity index (χ2n) is 4.35. The van der Waals surface area contributed by atoms with E-state index in [2.05, 4.69) is 19.2 Å². The van der Waals surface area contributed by atoms with Crippen molar-refractivity contribution in [3.8, 4) is 0 Å². The van der Waals surface area contributed by atoms with Gasteiger partial charge >= 0.3 is 0 Å². The SMILES string of the molecule is CCCCCCNCC(O)COCCCC. The predicted octanol–water partition coefficient (Wildman–Crippen LogP) is 2.33. The highest BCUT2D eigenvalue weighted by Gasteiger charge is 2.02. The third kappa shape index (κ3) is 12.0. The maximum atomic E-state index is 9.56. The lowest BCUT2D eigenvalue weighted by molar-refractivity contribution is 0.0360. The van der Waals surface area contributed by atoms with Crippen molar-refractivity contribution >= 4 is 0 Å². The van der Waals surface area contributed by atoms with Crippen LogP contribution in [0.3, 0.4) is 0 Å². The van der Waals surface area contributed by atoms with Crippen LogP contribution in [0.2, 0.25) is 0 Å². The van der Waals surface area contributed by atoms with Gasteiger partial charge in [0, 0.05) is 13.2 Å². The van der Waals surface area contributed by atoms with Gasteiger partial charge in [-0.15, -0.1) is 0 Å². The van der Waals surface area contributed by atoms with Gasteiger partial charge in [-0.05, 0) is 19.4 Å². The molecule has 0 aromatic heterocycles. The number of nitrogens with one attached hydrogen (secondary N) is 1. The van der Waals surface area contributed by atoms with Gasteiger partial charge in [0.2, 0.25) is 0 Å². The van der Waals surface area contributed by atoms with Crippen molar-refractivity contribution in [2.45, 2.75) is 58.5 Å². The second kappa shape index (κ2) is 12.9. The van der Waals surface area contributed by atoms with Crippen LogP contribution in [0.4, 0.5) is 0 Å². The Kier molecular flexibility index (Phi) is 12.9. The maximum Gasteiger partial charge on any atom is 0.0897 e. The number of aliphatic hydroxyl groups is 1. The minimum Gasteiger partial charge on any atom is -0.389 e. The molecular weight excluding hydrogens is 202 g/mol. The first-order valence-electron chi connectivity index (χ1n) is 6.77. The second-order valence-corrected chi connectivity index (χ2v) is 4.35. The van der Waals surface area contributed by atoms with Gasteiger partial charge in [-0.25, -0.2) is 0 Å². The predicted molar refractivity (Wildman–Crippen MR) is 68.7 cm³/mol. The Balaban J connectivity index is 3.08. The van der Waals surface area contributed by atoms with Gasteiger partial charge in [-0.1, -0.05) is 39.5 Å². The topological polar surface area (TPSA) is 41.5 Å². The quantitative estimate of drug-likeness (QED) is 0.507. The van der Waals surface area contributed by atoms with Gasteiger partial charge in [0.15, 0.2) is 0 Å². The molecule has 1 unspecified atom stereocenters. The lowest BCUT2D eigenvalue weighted by atomic mass is 10.2. The smallest absolute Gasteiger partial charge is 0.0897 e. The molecular formula is C13H29NO2. The van der Waals surface area contributed by atoms with E-state index in [4.69, 9.17) is 4.74 Å². The molecule has 0 saturated heterocycles. The van der Waals surface area contributed by atoms with Gasteiger partial charge in [0.1, 0.15) is 0 Å². The number of aliphatic hydroxyl groups excluding tert-OH is 1. The zero-order valence-corrected chi connectivity index (χ0v) is 11.0. The number of ether oxygens (including phenoxy) is 1. The lowest BCUT2D eigenvalue weighted by Gasteiger charge is -2.12. The summed E-state index contributed by atoms with van der Waals surface area (Å²) >= 11 is 0. The number of hydrogen-bond acceptors (Lipinski definition) is 3. The maximum absolute atomic E-state index is 9.56. The molecule has 0 saturated carbocycles. The average molecular weight is 231 g/mol. The van der Waals surface area contributed by atoms with Crippen LogP contribution >= 0.6 is 0 Å². The van der Waals surface area contributed by atoms with Crippen LogP contribution in [-0.2, 0) is 4.74 Å². The number of hydrogen-bond donors (Lipinski definition) is 2. The Morgan fingerprint density at radius 3 is 2.50 bits per heavy atom. The summed E-state index contributed by atoms with van der Waals surface area (Å²) < 4.78 is 5.34. The van der Waals surface area contributed by atoms with Gasteiger partial charge in [-0.2, -0.15) is 0 Å². The number of rotatable bonds is 12. The standard InChI is InChI=1S/C13H29NO2/c1-3-5-7-8-9-14-11-13(15)12-16-10-6-4-2/h13-15H,3-12H2,1-2H3. The van der Waals surface area contributed by atoms with E-state index in [-0.39, 0.29) is 6.10 Å². The van der Waals surface area contributed by atoms with E-state index in [1.54, 1.807) is 0 Å². The monoisotopic (exact) mass is 231 g/mol. The highest BCUT2D eigenvalue weighted by Crippen LogP contribution is 1.97. The van der Waals surface area contributed by atoms with Gasteiger partial charge in [-0.3, -0.25) is 0 Å². The molecule has 0 aromatic rings. The van der Waals surface area contributed by atoms with Crippen molar-refractivity contribution in [2.24, 2.45) is 0 Å². The molecule has 0 aliphatic carbocycles. The molecule has 3 heteroatoms. The minimum atomic E-state index is -0.358. The van der Waals surface area contributed by atoms with E-state index >= 15 is 0 Å². The highest BCUT2D eigenvalue weighted by atomic mass is 16.5. The van der Waals surface area contributed by atoms with E-state index in [1.807, 2.05) is 0 Å². The Labute approximate surface area is 101 Å². The van der Waals surface area contributed by atoms with Crippen LogP contribution in [0.5, 0.6) is 0 Å². The van der Waals surface area contributed by atoms with E-state index in [9.17, 15) is 5.11 Å². The molecule has 0 rings (SSSR count). The minimum absolute atomic E-state index is 0.358. The fraction of sp³-hybridized carbons (Fsp3) is 1.00. The molecule has 0 bridgehead atoms. The normalized spacial score (nSPS) is 12.9. The molecule has 0 radical (unpaired) electrons. The molecule has 0 heterocycles. The fourth-order valence-electron chi connectivity index (χ4n) is 1.47. The summed E-state index contributed by atoms with van der Waals surface area (Å²) in [5.41, 5.74) is 0. The molecule has 0 amide bonds. The van der Waals surface area contributed by atoms with Crippen molar-refractivity contribution in [3.63, 3.8) is 0 Å². The largest absolute Gasteiger partial charge is 0.389 e. The summed E-state index contributed by atoms with van der Waals surface area (Å²) in [6, 6.07) is 0. The summed E-state index contributed by atoms with van der Waals surface area (Å²) in [7, 11) is 0. The van der Waals surface area contributed by atoms with Gasteiger partial charge < -0.3 is 15.2 Å². The molecule has 98 valence electrons. The summed E-state index contributed by atoms with van der Waals surface area (Å²) in [4.78, 5) is 0. The first-order valence-corrected chi connectivity index (χ1v) is 6.77. The Hall–Kier alpha value is -0.120. The molecule has 1 atom stereocenters. The zero-order chi connectivity index (χ0) is 12.1. The Bertz CT molecular complexity index is 131. The molecule has 2 N–H and O–H groups in total. The molecule has 0 fully saturated rings. The van der Waals surface area contributed by atoms with Crippen LogP contribution in [0.15, 0.2) is 0 Å². The molecule has 3 nitrogen and oxygen atoms in total. The third-order valence-electron chi connectivity index (χ3n) is 2.54. The lowest BCUT2D eigenvalue weighted by Crippen LogP contribution is -2.31. The van der Waals surface area contributed by atoms with Crippen LogP contribution in [-0.4, -0.2) is 37.5 Å². The van der Waals surface area contributed by atoms with Crippen molar-refractivity contribution in [3.05, 3.63) is 0 Å². The summed E-state index contributed by atoms with van der Waals surface area (Å²) in [6.07, 6.45) is 6.94. The van der Waals surface area contributed by atoms with E-state index < -0.39 is 0 Å². The van der Waals surface area contributed by atoms with E-state index in [1.165, 1.54) is 25.7 Å². The summed E-state index contributed by atoms with van der Waals surface area (Å²) in [5, 5.41) is 12.8. The molecule has 0 aliphatic heterocycles. The van der Waals surface area contributed by atoms with E-state index in [0.717, 1.165) is 26.0 Å². The molecule has 0 aromatic carbocycles. The third-order valence-corrected chi connectivity index (χ3v) is 2.54. The fourth-order valence-corrected chi connectivity index (χ4v) is 1.47. The van der Waals surface area contributed by atoms with Crippen LogP contribution < -0.4 is 5.32 Å². The zero-order valence-electron chi connectivity index (χ0n) is 11.0. The van der Waals surface area contributed by atoms with Gasteiger partial charge in [0.05, 0.1) is 12.7 Å². The van der Waals surface area contributed by atoms with Crippen LogP contribution in [0.25, 0.3) is 0 Å². The Morgan fingerprint density at radius 2 is 1.81 bits per heavy atom. The van der Waals surface area contributed by atoms with Crippen molar-refractivity contribution in [1.82, 2.24) is 5.32 Å². The molecule has 16 heavy (non-hydrogen) atoms. The first kappa shape index (κ1) is 15.9. The summed E-state index contributed by atoms with van der Waals surface area (Å²) in [5.74, 6) is 0. The Morgan fingerprint density at radius 1 is 1.06 bits per heavy atom. The van der Waals surface area contributed by atoms with Crippen LogP contribution in [0, 0.1) is 0 Å². The molecule has 0 aliphatic rings. The average Bonchev–Trinajstić information content (AvgIpc) is 2.29. The van der Waals surface area contributed by atoms with Crippen LogP contribution in [0.1, 0.15) is 52.4 Å². The molecule has 0 spiro atoms. The van der Waals surface area contributed by atoms with Crippen molar-refractivity contribution in [2.75, 3.05) is 26.3 Å². The van der Waals surface area contributed by atoms with Crippen molar-refractivity contribution in [1.29, 1.82) is 0 Å². The van der Waals surface area contributed by atoms with Crippen molar-refractivity contribution < 1.29 is 9.84 Å².